The number of halogens is 1. The van der Waals surface area contributed by atoms with Crippen LogP contribution in [0.4, 0.5) is 5.69 Å². The molecule has 1 aliphatic heterocycles. The van der Waals surface area contributed by atoms with E-state index in [0.29, 0.717) is 30.7 Å². The minimum Gasteiger partial charge on any atom is -0.325 e. The molecule has 2 N–H and O–H groups in total. The molecule has 0 radical (unpaired) electrons. The molecule has 0 aliphatic carbocycles. The summed E-state index contributed by atoms with van der Waals surface area (Å²) < 4.78 is 1.00. The Labute approximate surface area is 176 Å². The van der Waals surface area contributed by atoms with Gasteiger partial charge in [0.25, 0.3) is 0 Å². The van der Waals surface area contributed by atoms with Gasteiger partial charge in [-0.15, -0.1) is 11.8 Å². The van der Waals surface area contributed by atoms with Gasteiger partial charge in [0.2, 0.25) is 17.7 Å². The number of hydrogen-bond donors (Lipinski definition) is 2. The van der Waals surface area contributed by atoms with Gasteiger partial charge in [-0.3, -0.25) is 19.7 Å². The number of imide groups is 1. The van der Waals surface area contributed by atoms with Crippen LogP contribution < -0.4 is 10.6 Å². The van der Waals surface area contributed by atoms with Crippen molar-refractivity contribution in [2.45, 2.75) is 36.5 Å². The average molecular weight is 461 g/mol. The van der Waals surface area contributed by atoms with Crippen molar-refractivity contribution in [2.24, 2.45) is 0 Å². The van der Waals surface area contributed by atoms with E-state index in [9.17, 15) is 14.4 Å². The zero-order chi connectivity index (χ0) is 20.1. The molecule has 1 saturated heterocycles. The Morgan fingerprint density at radius 1 is 1.14 bits per heavy atom. The SMILES string of the molecule is CCC1(c2ccc(NC(=O)CSc3ccc(Br)cc3)cc2)CCC(=O)NC1=O. The Bertz CT molecular complexity index is 884. The van der Waals surface area contributed by atoms with Crippen LogP contribution in [0.5, 0.6) is 0 Å². The second-order valence-corrected chi connectivity index (χ2v) is 8.65. The van der Waals surface area contributed by atoms with Crippen molar-refractivity contribution in [1.82, 2.24) is 5.32 Å². The molecule has 2 aromatic rings. The number of nitrogens with one attached hydrogen (secondary N) is 2. The van der Waals surface area contributed by atoms with E-state index in [1.54, 1.807) is 12.1 Å². The van der Waals surface area contributed by atoms with Crippen LogP contribution in [-0.2, 0) is 19.8 Å². The molecule has 1 atom stereocenters. The van der Waals surface area contributed by atoms with Crippen molar-refractivity contribution in [1.29, 1.82) is 0 Å². The van der Waals surface area contributed by atoms with Crippen molar-refractivity contribution in [3.05, 3.63) is 58.6 Å². The lowest BCUT2D eigenvalue weighted by molar-refractivity contribution is -0.138. The molecule has 1 fully saturated rings. The maximum atomic E-state index is 12.5. The van der Waals surface area contributed by atoms with E-state index in [1.165, 1.54) is 11.8 Å². The molecule has 0 aromatic heterocycles. The Morgan fingerprint density at radius 2 is 1.82 bits per heavy atom. The van der Waals surface area contributed by atoms with Crippen molar-refractivity contribution < 1.29 is 14.4 Å². The van der Waals surface area contributed by atoms with E-state index in [0.717, 1.165) is 14.9 Å². The molecule has 1 heterocycles. The second-order valence-electron chi connectivity index (χ2n) is 6.68. The van der Waals surface area contributed by atoms with Gasteiger partial charge in [0, 0.05) is 21.5 Å². The minimum absolute atomic E-state index is 0.0909. The molecule has 146 valence electrons. The van der Waals surface area contributed by atoms with Crippen molar-refractivity contribution in [3.8, 4) is 0 Å². The molecular weight excluding hydrogens is 440 g/mol. The Morgan fingerprint density at radius 3 is 2.43 bits per heavy atom. The Balaban J connectivity index is 1.62. The van der Waals surface area contributed by atoms with Crippen molar-refractivity contribution >= 4 is 51.1 Å². The topological polar surface area (TPSA) is 75.3 Å². The largest absolute Gasteiger partial charge is 0.325 e. The standard InChI is InChI=1S/C21H21BrN2O3S/c1-2-21(12-11-18(25)24-20(21)27)14-3-7-16(8-4-14)23-19(26)13-28-17-9-5-15(22)6-10-17/h3-10H,2,11-13H2,1H3,(H,23,26)(H,24,25,27). The zero-order valence-electron chi connectivity index (χ0n) is 15.5. The molecule has 0 saturated carbocycles. The Kier molecular flexibility index (Phi) is 6.57. The summed E-state index contributed by atoms with van der Waals surface area (Å²) in [4.78, 5) is 37.2. The van der Waals surface area contributed by atoms with E-state index in [2.05, 4.69) is 26.6 Å². The summed E-state index contributed by atoms with van der Waals surface area (Å²) in [6.07, 6.45) is 1.46. The average Bonchev–Trinajstić information content (AvgIpc) is 2.69. The van der Waals surface area contributed by atoms with Crippen LogP contribution in [0.3, 0.4) is 0 Å². The van der Waals surface area contributed by atoms with Crippen LogP contribution in [0.2, 0.25) is 0 Å². The lowest BCUT2D eigenvalue weighted by Gasteiger charge is -2.35. The lowest BCUT2D eigenvalue weighted by atomic mass is 9.72. The van der Waals surface area contributed by atoms with Gasteiger partial charge >= 0.3 is 0 Å². The van der Waals surface area contributed by atoms with Crippen LogP contribution in [0.1, 0.15) is 31.7 Å². The first kappa shape index (κ1) is 20.6. The molecule has 7 heteroatoms. The van der Waals surface area contributed by atoms with Crippen molar-refractivity contribution in [2.75, 3.05) is 11.1 Å². The Hall–Kier alpha value is -2.12. The van der Waals surface area contributed by atoms with E-state index in [4.69, 9.17) is 0 Å². The fourth-order valence-corrected chi connectivity index (χ4v) is 4.28. The molecule has 2 aromatic carbocycles. The third-order valence-corrected chi connectivity index (χ3v) is 6.52. The number of carbonyl (C=O) groups excluding carboxylic acids is 3. The number of thioether (sulfide) groups is 1. The van der Waals surface area contributed by atoms with Crippen molar-refractivity contribution in [3.63, 3.8) is 0 Å². The van der Waals surface area contributed by atoms with Gasteiger partial charge < -0.3 is 5.32 Å². The number of anilines is 1. The summed E-state index contributed by atoms with van der Waals surface area (Å²) in [6.45, 7) is 1.95. The number of piperidine rings is 1. The maximum absolute atomic E-state index is 12.5. The summed E-state index contributed by atoms with van der Waals surface area (Å²) in [7, 11) is 0. The summed E-state index contributed by atoms with van der Waals surface area (Å²) in [5, 5.41) is 5.33. The highest BCUT2D eigenvalue weighted by Gasteiger charge is 2.42. The van der Waals surface area contributed by atoms with Crippen LogP contribution >= 0.6 is 27.7 Å². The van der Waals surface area contributed by atoms with Crippen LogP contribution in [0.15, 0.2) is 57.9 Å². The molecule has 0 bridgehead atoms. The molecule has 28 heavy (non-hydrogen) atoms. The molecular formula is C21H21BrN2O3S. The number of benzene rings is 2. The minimum atomic E-state index is -0.687. The molecule has 3 rings (SSSR count). The van der Waals surface area contributed by atoms with Gasteiger partial charge in [-0.25, -0.2) is 0 Å². The second kappa shape index (κ2) is 8.92. The number of amides is 3. The third-order valence-electron chi connectivity index (χ3n) is 4.97. The third kappa shape index (κ3) is 4.64. The molecule has 1 aliphatic rings. The van der Waals surface area contributed by atoms with E-state index < -0.39 is 5.41 Å². The predicted molar refractivity (Wildman–Crippen MR) is 114 cm³/mol. The maximum Gasteiger partial charge on any atom is 0.237 e. The van der Waals surface area contributed by atoms with Gasteiger partial charge in [-0.2, -0.15) is 0 Å². The first-order valence-electron chi connectivity index (χ1n) is 9.06. The molecule has 5 nitrogen and oxygen atoms in total. The van der Waals surface area contributed by atoms with Crippen LogP contribution in [0, 0.1) is 0 Å². The zero-order valence-corrected chi connectivity index (χ0v) is 17.9. The summed E-state index contributed by atoms with van der Waals surface area (Å²) in [5.41, 5.74) is 0.861. The highest BCUT2D eigenvalue weighted by atomic mass is 79.9. The van der Waals surface area contributed by atoms with E-state index in [-0.39, 0.29) is 17.7 Å². The highest BCUT2D eigenvalue weighted by Crippen LogP contribution is 2.36. The fraction of sp³-hybridized carbons (Fsp3) is 0.286. The number of carbonyl (C=O) groups is 3. The molecule has 3 amide bonds. The summed E-state index contributed by atoms with van der Waals surface area (Å²) in [5.74, 6) is -0.241. The van der Waals surface area contributed by atoms with Gasteiger partial charge in [-0.1, -0.05) is 35.0 Å². The lowest BCUT2D eigenvalue weighted by Crippen LogP contribution is -2.51. The molecule has 0 spiro atoms. The number of rotatable bonds is 6. The first-order chi connectivity index (χ1) is 13.4. The highest BCUT2D eigenvalue weighted by molar-refractivity contribution is 9.10. The van der Waals surface area contributed by atoms with E-state index in [1.807, 2.05) is 43.3 Å². The molecule has 1 unspecified atom stereocenters. The van der Waals surface area contributed by atoms with Gasteiger partial charge in [0.05, 0.1) is 11.2 Å². The summed E-state index contributed by atoms with van der Waals surface area (Å²) in [6, 6.07) is 15.1. The van der Waals surface area contributed by atoms with Gasteiger partial charge in [-0.05, 0) is 54.8 Å². The van der Waals surface area contributed by atoms with Gasteiger partial charge in [0.15, 0.2) is 0 Å². The smallest absolute Gasteiger partial charge is 0.237 e. The van der Waals surface area contributed by atoms with Crippen LogP contribution in [-0.4, -0.2) is 23.5 Å². The normalized spacial score (nSPS) is 19.2. The first-order valence-corrected chi connectivity index (χ1v) is 10.8. The van der Waals surface area contributed by atoms with E-state index >= 15 is 0 Å². The quantitative estimate of drug-likeness (QED) is 0.498. The van der Waals surface area contributed by atoms with Gasteiger partial charge in [0.1, 0.15) is 0 Å². The number of hydrogen-bond acceptors (Lipinski definition) is 4. The fourth-order valence-electron chi connectivity index (χ4n) is 3.32. The monoisotopic (exact) mass is 460 g/mol. The van der Waals surface area contributed by atoms with Crippen LogP contribution in [0.25, 0.3) is 0 Å². The summed E-state index contributed by atoms with van der Waals surface area (Å²) >= 11 is 4.86. The predicted octanol–water partition coefficient (Wildman–Crippen LogP) is 4.26.